The van der Waals surface area contributed by atoms with Crippen molar-refractivity contribution >= 4 is 16.8 Å². The van der Waals surface area contributed by atoms with Crippen molar-refractivity contribution in [2.24, 2.45) is 0 Å². The van der Waals surface area contributed by atoms with Crippen molar-refractivity contribution in [2.75, 3.05) is 0 Å². The average Bonchev–Trinajstić information content (AvgIpc) is 2.23. The summed E-state index contributed by atoms with van der Waals surface area (Å²) in [5, 5.41) is 18.9. The highest BCUT2D eigenvalue weighted by molar-refractivity contribution is 5.95. The fourth-order valence-electron chi connectivity index (χ4n) is 1.24. The molecule has 0 saturated heterocycles. The topological polar surface area (TPSA) is 83.3 Å². The van der Waals surface area contributed by atoms with E-state index in [0.29, 0.717) is 0 Å². The third kappa shape index (κ3) is 1.48. The molecule has 0 bridgehead atoms. The molecule has 1 aromatic heterocycles. The largest absolute Gasteiger partial charge is 0.506 e. The van der Waals surface area contributed by atoms with Crippen molar-refractivity contribution in [3.8, 4) is 11.5 Å². The van der Waals surface area contributed by atoms with Gasteiger partial charge in [-0.15, -0.1) is 0 Å². The van der Waals surface area contributed by atoms with Gasteiger partial charge >= 0.3 is 0 Å². The van der Waals surface area contributed by atoms with Gasteiger partial charge in [-0.05, 0) is 12.1 Å². The predicted octanol–water partition coefficient (Wildman–Crippen LogP) is 1.24. The first-order valence-electron chi connectivity index (χ1n) is 4.28. The number of fused-ring (bicyclic) bond motifs is 1. The lowest BCUT2D eigenvalue weighted by Crippen LogP contribution is -1.98. The van der Waals surface area contributed by atoms with E-state index in [4.69, 9.17) is 0 Å². The molecule has 0 fully saturated rings. The van der Waals surface area contributed by atoms with Crippen LogP contribution in [0.4, 0.5) is 0 Å². The number of carbonyl (C=O) groups is 1. The molecule has 5 heteroatoms. The summed E-state index contributed by atoms with van der Waals surface area (Å²) in [6.07, 6.45) is 1.27. The summed E-state index contributed by atoms with van der Waals surface area (Å²) in [6, 6.07) is 2.62. The number of phenolic OH excluding ortho intramolecular Hbond substituents is 2. The van der Waals surface area contributed by atoms with Gasteiger partial charge in [0, 0.05) is 6.92 Å². The molecule has 0 aliphatic rings. The van der Waals surface area contributed by atoms with Crippen LogP contribution in [0.1, 0.15) is 17.4 Å². The Morgan fingerprint density at radius 1 is 1.20 bits per heavy atom. The van der Waals surface area contributed by atoms with Crippen LogP contribution in [0.15, 0.2) is 18.3 Å². The van der Waals surface area contributed by atoms with Gasteiger partial charge in [0.05, 0.1) is 6.20 Å². The third-order valence-corrected chi connectivity index (χ3v) is 2.02. The van der Waals surface area contributed by atoms with Crippen LogP contribution in [0.5, 0.6) is 11.5 Å². The minimum atomic E-state index is -0.243. The molecule has 2 rings (SSSR count). The van der Waals surface area contributed by atoms with Crippen LogP contribution in [0.3, 0.4) is 0 Å². The van der Waals surface area contributed by atoms with Crippen LogP contribution in [-0.4, -0.2) is 26.0 Å². The van der Waals surface area contributed by atoms with Gasteiger partial charge in [-0.25, -0.2) is 9.97 Å². The van der Waals surface area contributed by atoms with E-state index in [2.05, 4.69) is 9.97 Å². The van der Waals surface area contributed by atoms with Crippen LogP contribution in [0.25, 0.3) is 11.0 Å². The molecule has 2 N–H and O–H groups in total. The molecule has 0 spiro atoms. The van der Waals surface area contributed by atoms with E-state index < -0.39 is 0 Å². The van der Waals surface area contributed by atoms with Crippen LogP contribution in [-0.2, 0) is 0 Å². The highest BCUT2D eigenvalue weighted by Crippen LogP contribution is 2.28. The maximum atomic E-state index is 11.0. The molecule has 1 heterocycles. The Balaban J connectivity index is 2.81. The van der Waals surface area contributed by atoms with E-state index in [1.165, 1.54) is 25.3 Å². The molecule has 15 heavy (non-hydrogen) atoms. The normalized spacial score (nSPS) is 10.5. The Morgan fingerprint density at radius 3 is 2.40 bits per heavy atom. The second-order valence-corrected chi connectivity index (χ2v) is 3.11. The van der Waals surface area contributed by atoms with Crippen LogP contribution < -0.4 is 0 Å². The summed E-state index contributed by atoms with van der Waals surface area (Å²) in [7, 11) is 0. The summed E-state index contributed by atoms with van der Waals surface area (Å²) in [6.45, 7) is 1.36. The second kappa shape index (κ2) is 3.20. The average molecular weight is 204 g/mol. The molecule has 0 saturated carbocycles. The standard InChI is InChI=1S/C10H8N2O3/c1-5(13)6-4-11-9-7(14)2-3-8(15)10(9)12-6/h2-4,14-15H,1H3. The molecule has 0 unspecified atom stereocenters. The van der Waals surface area contributed by atoms with Crippen molar-refractivity contribution < 1.29 is 15.0 Å². The van der Waals surface area contributed by atoms with Gasteiger partial charge in [-0.1, -0.05) is 0 Å². The number of ketones is 1. The zero-order chi connectivity index (χ0) is 11.0. The second-order valence-electron chi connectivity index (χ2n) is 3.11. The first-order valence-corrected chi connectivity index (χ1v) is 4.28. The SMILES string of the molecule is CC(=O)c1cnc2c(O)ccc(O)c2n1. The van der Waals surface area contributed by atoms with Gasteiger partial charge in [-0.2, -0.15) is 0 Å². The fraction of sp³-hybridized carbons (Fsp3) is 0.100. The Morgan fingerprint density at radius 2 is 1.80 bits per heavy atom. The van der Waals surface area contributed by atoms with Crippen molar-refractivity contribution in [1.29, 1.82) is 0 Å². The molecule has 5 nitrogen and oxygen atoms in total. The summed E-state index contributed by atoms with van der Waals surface area (Å²) in [5.74, 6) is -0.434. The summed E-state index contributed by atoms with van der Waals surface area (Å²) < 4.78 is 0. The first kappa shape index (κ1) is 9.39. The number of rotatable bonds is 1. The van der Waals surface area contributed by atoms with Gasteiger partial charge in [0.15, 0.2) is 5.78 Å². The molecular formula is C10H8N2O3. The van der Waals surface area contributed by atoms with Crippen molar-refractivity contribution in [3.05, 3.63) is 24.0 Å². The quantitative estimate of drug-likeness (QED) is 0.539. The number of phenols is 2. The minimum absolute atomic E-state index is 0.0783. The maximum absolute atomic E-state index is 11.0. The van der Waals surface area contributed by atoms with E-state index >= 15 is 0 Å². The Labute approximate surface area is 85.0 Å². The monoisotopic (exact) mass is 204 g/mol. The summed E-state index contributed by atoms with van der Waals surface area (Å²) >= 11 is 0. The van der Waals surface area contributed by atoms with Crippen LogP contribution >= 0.6 is 0 Å². The van der Waals surface area contributed by atoms with Crippen LogP contribution in [0, 0.1) is 0 Å². The molecule has 76 valence electrons. The zero-order valence-electron chi connectivity index (χ0n) is 7.93. The molecule has 2 aromatic rings. The van der Waals surface area contributed by atoms with E-state index in [0.717, 1.165) is 0 Å². The van der Waals surface area contributed by atoms with Gasteiger partial charge in [-0.3, -0.25) is 4.79 Å². The lowest BCUT2D eigenvalue weighted by atomic mass is 10.2. The molecular weight excluding hydrogens is 196 g/mol. The van der Waals surface area contributed by atoms with E-state index in [9.17, 15) is 15.0 Å². The molecule has 1 aromatic carbocycles. The van der Waals surface area contributed by atoms with Crippen LogP contribution in [0.2, 0.25) is 0 Å². The molecule has 0 aliphatic carbocycles. The zero-order valence-corrected chi connectivity index (χ0v) is 7.93. The highest BCUT2D eigenvalue weighted by atomic mass is 16.3. The summed E-state index contributed by atoms with van der Waals surface area (Å²) in [5.41, 5.74) is 0.464. The lowest BCUT2D eigenvalue weighted by Gasteiger charge is -2.02. The molecule has 0 atom stereocenters. The molecule has 0 radical (unpaired) electrons. The number of Topliss-reactive ketones (excluding diaryl/α,β-unsaturated/α-hetero) is 1. The van der Waals surface area contributed by atoms with Gasteiger partial charge in [0.1, 0.15) is 28.2 Å². The Bertz CT molecular complexity index is 552. The van der Waals surface area contributed by atoms with E-state index in [-0.39, 0.29) is 34.0 Å². The highest BCUT2D eigenvalue weighted by Gasteiger charge is 2.10. The Kier molecular flexibility index (Phi) is 2.00. The summed E-state index contributed by atoms with van der Waals surface area (Å²) in [4.78, 5) is 18.8. The molecule has 0 aliphatic heterocycles. The smallest absolute Gasteiger partial charge is 0.179 e. The van der Waals surface area contributed by atoms with Crippen molar-refractivity contribution in [3.63, 3.8) is 0 Å². The number of aromatic hydroxyl groups is 2. The minimum Gasteiger partial charge on any atom is -0.506 e. The number of aromatic nitrogens is 2. The lowest BCUT2D eigenvalue weighted by molar-refractivity contribution is 0.101. The van der Waals surface area contributed by atoms with Crippen molar-refractivity contribution in [1.82, 2.24) is 9.97 Å². The van der Waals surface area contributed by atoms with Gasteiger partial charge < -0.3 is 10.2 Å². The van der Waals surface area contributed by atoms with Gasteiger partial charge in [0.25, 0.3) is 0 Å². The molecule has 0 amide bonds. The van der Waals surface area contributed by atoms with E-state index in [1.807, 2.05) is 0 Å². The Hall–Kier alpha value is -2.17. The third-order valence-electron chi connectivity index (χ3n) is 2.02. The predicted molar refractivity (Wildman–Crippen MR) is 52.9 cm³/mol. The maximum Gasteiger partial charge on any atom is 0.179 e. The number of benzene rings is 1. The fourth-order valence-corrected chi connectivity index (χ4v) is 1.24. The number of nitrogens with zero attached hydrogens (tertiary/aromatic N) is 2. The number of hydrogen-bond acceptors (Lipinski definition) is 5. The first-order chi connectivity index (χ1) is 7.09. The van der Waals surface area contributed by atoms with Crippen molar-refractivity contribution in [2.45, 2.75) is 6.92 Å². The number of carbonyl (C=O) groups excluding carboxylic acids is 1. The van der Waals surface area contributed by atoms with Gasteiger partial charge in [0.2, 0.25) is 0 Å². The number of hydrogen-bond donors (Lipinski definition) is 2. The van der Waals surface area contributed by atoms with E-state index in [1.54, 1.807) is 0 Å².